The minimum absolute atomic E-state index is 0.0181. The second-order valence-electron chi connectivity index (χ2n) is 7.86. The first kappa shape index (κ1) is 22.5. The normalized spacial score (nSPS) is 12.0. The third kappa shape index (κ3) is 6.93. The van der Waals surface area contributed by atoms with Crippen LogP contribution < -0.4 is 15.4 Å². The molecule has 0 spiro atoms. The number of carbonyl (C=O) groups excluding carboxylic acids is 2. The molecule has 29 heavy (non-hydrogen) atoms. The maximum Gasteiger partial charge on any atom is 0.252 e. The van der Waals surface area contributed by atoms with E-state index in [1.807, 2.05) is 77.1 Å². The zero-order valence-corrected chi connectivity index (χ0v) is 18.0. The van der Waals surface area contributed by atoms with E-state index in [4.69, 9.17) is 4.74 Å². The van der Waals surface area contributed by atoms with Gasteiger partial charge in [0.05, 0.1) is 6.10 Å². The minimum atomic E-state index is -0.580. The Hall–Kier alpha value is -2.82. The summed E-state index contributed by atoms with van der Waals surface area (Å²) in [7, 11) is 0. The molecule has 2 aromatic rings. The molecular formula is C24H32N2O3. The third-order valence-electron chi connectivity index (χ3n) is 4.63. The van der Waals surface area contributed by atoms with Crippen molar-refractivity contribution in [2.45, 2.75) is 53.2 Å². The number of ether oxygens (including phenoxy) is 1. The fourth-order valence-corrected chi connectivity index (χ4v) is 3.03. The van der Waals surface area contributed by atoms with Crippen molar-refractivity contribution in [1.82, 2.24) is 10.6 Å². The molecule has 0 fully saturated rings. The number of rotatable bonds is 9. The molecule has 0 bridgehead atoms. The Balaban J connectivity index is 1.89. The van der Waals surface area contributed by atoms with Crippen LogP contribution in [0.5, 0.6) is 5.75 Å². The molecule has 0 heterocycles. The van der Waals surface area contributed by atoms with Gasteiger partial charge in [-0.15, -0.1) is 0 Å². The second-order valence-corrected chi connectivity index (χ2v) is 7.86. The van der Waals surface area contributed by atoms with Crippen molar-refractivity contribution >= 4 is 11.8 Å². The lowest BCUT2D eigenvalue weighted by atomic mass is 10.0. The molecule has 2 N–H and O–H groups in total. The zero-order chi connectivity index (χ0) is 21.4. The highest BCUT2D eigenvalue weighted by atomic mass is 16.5. The summed E-state index contributed by atoms with van der Waals surface area (Å²) in [6, 6.07) is 14.7. The van der Waals surface area contributed by atoms with Crippen LogP contribution in [0, 0.1) is 12.8 Å². The fraction of sp³-hybridized carbons (Fsp3) is 0.417. The fourth-order valence-electron chi connectivity index (χ4n) is 3.03. The molecule has 2 aromatic carbocycles. The maximum atomic E-state index is 12.7. The lowest BCUT2D eigenvalue weighted by Crippen LogP contribution is -2.50. The van der Waals surface area contributed by atoms with E-state index in [0.29, 0.717) is 18.5 Å². The lowest BCUT2D eigenvalue weighted by molar-refractivity contribution is -0.123. The number of aryl methyl sites for hydroxylation is 1. The number of benzene rings is 2. The van der Waals surface area contributed by atoms with Gasteiger partial charge >= 0.3 is 0 Å². The van der Waals surface area contributed by atoms with Crippen molar-refractivity contribution in [3.63, 3.8) is 0 Å². The monoisotopic (exact) mass is 396 g/mol. The molecule has 0 aliphatic rings. The van der Waals surface area contributed by atoms with Crippen LogP contribution >= 0.6 is 0 Å². The Labute approximate surface area is 173 Å². The Bertz CT molecular complexity index is 813. The Morgan fingerprint density at radius 2 is 1.62 bits per heavy atom. The van der Waals surface area contributed by atoms with E-state index in [9.17, 15) is 9.59 Å². The predicted molar refractivity (Wildman–Crippen MR) is 116 cm³/mol. The summed E-state index contributed by atoms with van der Waals surface area (Å²) in [4.78, 5) is 25.2. The highest BCUT2D eigenvalue weighted by Crippen LogP contribution is 2.14. The zero-order valence-electron chi connectivity index (χ0n) is 18.0. The smallest absolute Gasteiger partial charge is 0.252 e. The Morgan fingerprint density at radius 3 is 2.21 bits per heavy atom. The van der Waals surface area contributed by atoms with Crippen molar-refractivity contribution in [3.05, 3.63) is 65.2 Å². The molecule has 0 aromatic heterocycles. The number of hydrogen-bond donors (Lipinski definition) is 2. The molecule has 156 valence electrons. The highest BCUT2D eigenvalue weighted by Gasteiger charge is 2.24. The second kappa shape index (κ2) is 10.6. The highest BCUT2D eigenvalue weighted by molar-refractivity contribution is 5.98. The van der Waals surface area contributed by atoms with E-state index in [-0.39, 0.29) is 23.8 Å². The Morgan fingerprint density at radius 1 is 0.966 bits per heavy atom. The van der Waals surface area contributed by atoms with Crippen molar-refractivity contribution in [2.24, 2.45) is 5.92 Å². The first-order valence-corrected chi connectivity index (χ1v) is 10.2. The molecule has 0 saturated carbocycles. The molecule has 0 saturated heterocycles. The molecule has 1 unspecified atom stereocenters. The number of carbonyl (C=O) groups is 2. The van der Waals surface area contributed by atoms with Gasteiger partial charge in [0.2, 0.25) is 5.91 Å². The number of nitrogens with one attached hydrogen (secondary N) is 2. The topological polar surface area (TPSA) is 67.4 Å². The summed E-state index contributed by atoms with van der Waals surface area (Å²) in [5.74, 6) is 0.432. The largest absolute Gasteiger partial charge is 0.491 e. The first-order chi connectivity index (χ1) is 13.8. The van der Waals surface area contributed by atoms with Gasteiger partial charge in [-0.05, 0) is 62.4 Å². The molecular weight excluding hydrogens is 364 g/mol. The molecule has 5 heteroatoms. The standard InChI is InChI=1S/C24H32N2O3/c1-16(2)22(26-23(27)21-9-7-6-8-18(21)5)24(28)25-15-14-19-10-12-20(13-11-19)29-17(3)4/h6-13,16-17,22H,14-15H2,1-5H3,(H,25,28)(H,26,27). The van der Waals surface area contributed by atoms with Crippen molar-refractivity contribution in [3.8, 4) is 5.75 Å². The van der Waals surface area contributed by atoms with Crippen molar-refractivity contribution < 1.29 is 14.3 Å². The predicted octanol–water partition coefficient (Wildman–Crippen LogP) is 3.90. The van der Waals surface area contributed by atoms with Gasteiger partial charge in [0.25, 0.3) is 5.91 Å². The van der Waals surface area contributed by atoms with Crippen LogP contribution in [0.4, 0.5) is 0 Å². The quantitative estimate of drug-likeness (QED) is 0.676. The van der Waals surface area contributed by atoms with Gasteiger partial charge in [0.15, 0.2) is 0 Å². The van der Waals surface area contributed by atoms with Crippen LogP contribution in [-0.2, 0) is 11.2 Å². The van der Waals surface area contributed by atoms with Crippen LogP contribution in [0.15, 0.2) is 48.5 Å². The van der Waals surface area contributed by atoms with E-state index >= 15 is 0 Å². The maximum absolute atomic E-state index is 12.7. The third-order valence-corrected chi connectivity index (χ3v) is 4.63. The molecule has 0 aliphatic heterocycles. The molecule has 1 atom stereocenters. The molecule has 5 nitrogen and oxygen atoms in total. The van der Waals surface area contributed by atoms with Crippen LogP contribution in [0.3, 0.4) is 0 Å². The average molecular weight is 397 g/mol. The molecule has 0 radical (unpaired) electrons. The van der Waals surface area contributed by atoms with Gasteiger partial charge in [-0.25, -0.2) is 0 Å². The molecule has 2 rings (SSSR count). The lowest BCUT2D eigenvalue weighted by Gasteiger charge is -2.22. The van der Waals surface area contributed by atoms with Gasteiger partial charge < -0.3 is 15.4 Å². The average Bonchev–Trinajstić information content (AvgIpc) is 2.67. The summed E-state index contributed by atoms with van der Waals surface area (Å²) in [5, 5.41) is 5.83. The summed E-state index contributed by atoms with van der Waals surface area (Å²) < 4.78 is 5.64. The number of amides is 2. The summed E-state index contributed by atoms with van der Waals surface area (Å²) in [5.41, 5.74) is 2.60. The van der Waals surface area contributed by atoms with E-state index in [0.717, 1.165) is 16.9 Å². The van der Waals surface area contributed by atoms with Gasteiger partial charge in [-0.2, -0.15) is 0 Å². The van der Waals surface area contributed by atoms with E-state index in [2.05, 4.69) is 10.6 Å². The SMILES string of the molecule is Cc1ccccc1C(=O)NC(C(=O)NCCc1ccc(OC(C)C)cc1)C(C)C. The van der Waals surface area contributed by atoms with E-state index in [1.54, 1.807) is 6.07 Å². The minimum Gasteiger partial charge on any atom is -0.491 e. The first-order valence-electron chi connectivity index (χ1n) is 10.2. The van der Waals surface area contributed by atoms with Gasteiger partial charge in [0, 0.05) is 12.1 Å². The van der Waals surface area contributed by atoms with Crippen LogP contribution in [0.2, 0.25) is 0 Å². The van der Waals surface area contributed by atoms with Crippen molar-refractivity contribution in [1.29, 1.82) is 0 Å². The molecule has 2 amide bonds. The summed E-state index contributed by atoms with van der Waals surface area (Å²) in [6.45, 7) is 10.2. The van der Waals surface area contributed by atoms with Gasteiger partial charge in [0.1, 0.15) is 11.8 Å². The van der Waals surface area contributed by atoms with Crippen LogP contribution in [0.1, 0.15) is 49.2 Å². The Kier molecular flexibility index (Phi) is 8.25. The van der Waals surface area contributed by atoms with Crippen LogP contribution in [0.25, 0.3) is 0 Å². The molecule has 0 aliphatic carbocycles. The van der Waals surface area contributed by atoms with E-state index in [1.165, 1.54) is 0 Å². The van der Waals surface area contributed by atoms with E-state index < -0.39 is 6.04 Å². The summed E-state index contributed by atoms with van der Waals surface area (Å²) >= 11 is 0. The van der Waals surface area contributed by atoms with Gasteiger partial charge in [-0.3, -0.25) is 9.59 Å². The van der Waals surface area contributed by atoms with Crippen LogP contribution in [-0.4, -0.2) is 30.5 Å². The van der Waals surface area contributed by atoms with Gasteiger partial charge in [-0.1, -0.05) is 44.2 Å². The number of hydrogen-bond acceptors (Lipinski definition) is 3. The van der Waals surface area contributed by atoms with Crippen molar-refractivity contribution in [2.75, 3.05) is 6.54 Å². The summed E-state index contributed by atoms with van der Waals surface area (Å²) in [6.07, 6.45) is 0.854.